The monoisotopic (exact) mass is 521 g/mol. The fraction of sp³-hybridized carbons (Fsp3) is 0.308. The number of carbonyl (C=O) groups is 1. The third kappa shape index (κ3) is 5.90. The van der Waals surface area contributed by atoms with Crippen LogP contribution in [0.5, 0.6) is 5.75 Å². The second-order valence-corrected chi connectivity index (χ2v) is 9.08. The van der Waals surface area contributed by atoms with Crippen molar-refractivity contribution in [2.24, 2.45) is 0 Å². The SMILES string of the molecule is O=C(NC1CCC1)N[C@@](Cc1ccccc1)(c1cccc(OC(F)(F)C(F)F)c1)c1ccc(Cl)cn1. The standard InChI is InChI=1S/C26H24ClF4N3O2/c27-19-12-13-22(32-16-19)25(15-17-6-2-1-3-7-17,34-24(35)33-20-9-5-10-20)18-8-4-11-21(14-18)36-26(30,31)23(28)29/h1-4,6-8,11-14,16,20,23H,5,9-10,15H2,(H2,33,34,35)/t25-/m0/s1. The van der Waals surface area contributed by atoms with E-state index >= 15 is 0 Å². The number of hydrogen-bond acceptors (Lipinski definition) is 3. The van der Waals surface area contributed by atoms with Crippen LogP contribution in [-0.2, 0) is 12.0 Å². The minimum Gasteiger partial charge on any atom is -0.428 e. The molecule has 10 heteroatoms. The first-order chi connectivity index (χ1) is 17.2. The van der Waals surface area contributed by atoms with Crippen LogP contribution in [0, 0.1) is 0 Å². The summed E-state index contributed by atoms with van der Waals surface area (Å²) >= 11 is 6.06. The van der Waals surface area contributed by atoms with E-state index < -0.39 is 29.9 Å². The lowest BCUT2D eigenvalue weighted by Gasteiger charge is -2.37. The molecule has 190 valence electrons. The molecule has 1 fully saturated rings. The number of urea groups is 1. The molecule has 0 bridgehead atoms. The lowest BCUT2D eigenvalue weighted by Crippen LogP contribution is -2.55. The number of hydrogen-bond donors (Lipinski definition) is 2. The van der Waals surface area contributed by atoms with Crippen molar-refractivity contribution < 1.29 is 27.1 Å². The molecule has 5 nitrogen and oxygen atoms in total. The molecule has 1 heterocycles. The van der Waals surface area contributed by atoms with Crippen molar-refractivity contribution in [3.63, 3.8) is 0 Å². The van der Waals surface area contributed by atoms with Crippen LogP contribution in [-0.4, -0.2) is 29.6 Å². The molecule has 1 atom stereocenters. The van der Waals surface area contributed by atoms with Crippen molar-refractivity contribution >= 4 is 17.6 Å². The first kappa shape index (κ1) is 25.8. The molecule has 0 unspecified atom stereocenters. The van der Waals surface area contributed by atoms with Crippen LogP contribution >= 0.6 is 11.6 Å². The highest BCUT2D eigenvalue weighted by Crippen LogP contribution is 2.36. The Morgan fingerprint density at radius 1 is 1.08 bits per heavy atom. The van der Waals surface area contributed by atoms with Gasteiger partial charge in [-0.1, -0.05) is 54.1 Å². The van der Waals surface area contributed by atoms with E-state index in [1.54, 1.807) is 18.2 Å². The van der Waals surface area contributed by atoms with E-state index in [2.05, 4.69) is 20.4 Å². The number of ether oxygens (including phenoxy) is 1. The highest BCUT2D eigenvalue weighted by molar-refractivity contribution is 6.30. The molecule has 4 rings (SSSR count). The Morgan fingerprint density at radius 3 is 2.44 bits per heavy atom. The molecule has 0 aliphatic heterocycles. The van der Waals surface area contributed by atoms with Gasteiger partial charge >= 0.3 is 18.6 Å². The Morgan fingerprint density at radius 2 is 1.83 bits per heavy atom. The van der Waals surface area contributed by atoms with Gasteiger partial charge in [-0.15, -0.1) is 0 Å². The maximum atomic E-state index is 13.7. The summed E-state index contributed by atoms with van der Waals surface area (Å²) in [4.78, 5) is 17.6. The van der Waals surface area contributed by atoms with Gasteiger partial charge in [0.25, 0.3) is 0 Å². The van der Waals surface area contributed by atoms with Crippen LogP contribution in [0.2, 0.25) is 5.02 Å². The third-order valence-corrected chi connectivity index (χ3v) is 6.30. The van der Waals surface area contributed by atoms with Crippen molar-refractivity contribution in [1.29, 1.82) is 0 Å². The largest absolute Gasteiger partial charge is 0.461 e. The maximum absolute atomic E-state index is 13.7. The molecule has 0 spiro atoms. The van der Waals surface area contributed by atoms with Gasteiger partial charge in [0.1, 0.15) is 11.3 Å². The van der Waals surface area contributed by atoms with Gasteiger partial charge in [-0.3, -0.25) is 4.98 Å². The third-order valence-electron chi connectivity index (χ3n) is 6.08. The summed E-state index contributed by atoms with van der Waals surface area (Å²) < 4.78 is 57.3. The van der Waals surface area contributed by atoms with Crippen molar-refractivity contribution in [1.82, 2.24) is 15.6 Å². The first-order valence-electron chi connectivity index (χ1n) is 11.4. The van der Waals surface area contributed by atoms with Gasteiger partial charge in [-0.05, 0) is 54.7 Å². The normalized spacial score (nSPS) is 15.6. The van der Waals surface area contributed by atoms with Crippen molar-refractivity contribution in [2.45, 2.75) is 49.8 Å². The molecular formula is C26H24ClF4N3O2. The second kappa shape index (κ2) is 10.7. The lowest BCUT2D eigenvalue weighted by molar-refractivity contribution is -0.253. The van der Waals surface area contributed by atoms with E-state index in [1.807, 2.05) is 30.3 Å². The van der Waals surface area contributed by atoms with Gasteiger partial charge in [0.05, 0.1) is 10.7 Å². The van der Waals surface area contributed by atoms with Gasteiger partial charge in [0.2, 0.25) is 0 Å². The Hall–Kier alpha value is -3.33. The van der Waals surface area contributed by atoms with E-state index in [9.17, 15) is 22.4 Å². The number of halogens is 5. The number of rotatable bonds is 9. The number of pyridine rings is 1. The van der Waals surface area contributed by atoms with Crippen LogP contribution < -0.4 is 15.4 Å². The minimum atomic E-state index is -4.69. The van der Waals surface area contributed by atoms with Crippen molar-refractivity contribution in [3.8, 4) is 5.75 Å². The molecule has 1 saturated carbocycles. The number of nitrogens with zero attached hydrogens (tertiary/aromatic N) is 1. The van der Waals surface area contributed by atoms with E-state index in [-0.39, 0.29) is 12.5 Å². The number of nitrogens with one attached hydrogen (secondary N) is 2. The molecule has 2 amide bonds. The van der Waals surface area contributed by atoms with E-state index in [4.69, 9.17) is 11.6 Å². The zero-order valence-corrected chi connectivity index (χ0v) is 19.8. The lowest BCUT2D eigenvalue weighted by atomic mass is 9.80. The summed E-state index contributed by atoms with van der Waals surface area (Å²) in [5.74, 6) is -0.481. The molecule has 0 radical (unpaired) electrons. The Kier molecular flexibility index (Phi) is 7.68. The van der Waals surface area contributed by atoms with Gasteiger partial charge in [-0.25, -0.2) is 4.79 Å². The highest BCUT2D eigenvalue weighted by atomic mass is 35.5. The Balaban J connectivity index is 1.82. The van der Waals surface area contributed by atoms with Crippen LogP contribution in [0.25, 0.3) is 0 Å². The molecular weight excluding hydrogens is 498 g/mol. The number of benzene rings is 2. The molecule has 0 saturated heterocycles. The van der Waals surface area contributed by atoms with E-state index in [0.717, 1.165) is 30.9 Å². The number of alkyl halides is 4. The second-order valence-electron chi connectivity index (χ2n) is 8.65. The smallest absolute Gasteiger partial charge is 0.428 e. The summed E-state index contributed by atoms with van der Waals surface area (Å²) in [6.45, 7) is 0. The summed E-state index contributed by atoms with van der Waals surface area (Å²) in [6.07, 6.45) is -4.40. The average Bonchev–Trinajstić information content (AvgIpc) is 2.82. The van der Waals surface area contributed by atoms with Crippen LogP contribution in [0.4, 0.5) is 22.4 Å². The highest BCUT2D eigenvalue weighted by Gasteiger charge is 2.45. The zero-order chi connectivity index (χ0) is 25.8. The summed E-state index contributed by atoms with van der Waals surface area (Å²) in [5.41, 5.74) is 0.117. The van der Waals surface area contributed by atoms with Crippen LogP contribution in [0.15, 0.2) is 72.9 Å². The quantitative estimate of drug-likeness (QED) is 0.324. The predicted octanol–water partition coefficient (Wildman–Crippen LogP) is 6.31. The van der Waals surface area contributed by atoms with Gasteiger partial charge in [0, 0.05) is 18.7 Å². The van der Waals surface area contributed by atoms with Gasteiger partial charge < -0.3 is 15.4 Å². The van der Waals surface area contributed by atoms with Crippen molar-refractivity contribution in [3.05, 3.63) is 94.8 Å². The van der Waals surface area contributed by atoms with Crippen molar-refractivity contribution in [2.75, 3.05) is 0 Å². The summed E-state index contributed by atoms with van der Waals surface area (Å²) in [5, 5.41) is 6.28. The Labute approximate surface area is 210 Å². The molecule has 36 heavy (non-hydrogen) atoms. The average molecular weight is 522 g/mol. The fourth-order valence-electron chi connectivity index (χ4n) is 4.05. The molecule has 1 aliphatic rings. The first-order valence-corrected chi connectivity index (χ1v) is 11.8. The molecule has 3 aromatic rings. The van der Waals surface area contributed by atoms with E-state index in [1.165, 1.54) is 18.3 Å². The molecule has 2 N–H and O–H groups in total. The van der Waals surface area contributed by atoms with Gasteiger partial charge in [0.15, 0.2) is 0 Å². The summed E-state index contributed by atoms with van der Waals surface area (Å²) in [7, 11) is 0. The maximum Gasteiger partial charge on any atom is 0.461 e. The topological polar surface area (TPSA) is 63.2 Å². The molecule has 1 aromatic heterocycles. The summed E-state index contributed by atoms with van der Waals surface area (Å²) in [6, 6.07) is 17.3. The van der Waals surface area contributed by atoms with E-state index in [0.29, 0.717) is 16.3 Å². The van der Waals surface area contributed by atoms with Gasteiger partial charge in [-0.2, -0.15) is 17.6 Å². The predicted molar refractivity (Wildman–Crippen MR) is 128 cm³/mol. The number of amides is 2. The minimum absolute atomic E-state index is 0.0250. The Bertz CT molecular complexity index is 1180. The van der Waals surface area contributed by atoms with Crippen LogP contribution in [0.1, 0.15) is 36.1 Å². The molecule has 2 aromatic carbocycles. The zero-order valence-electron chi connectivity index (χ0n) is 19.1. The number of aromatic nitrogens is 1. The fourth-order valence-corrected chi connectivity index (χ4v) is 4.16. The van der Waals surface area contributed by atoms with Crippen LogP contribution in [0.3, 0.4) is 0 Å². The number of carbonyl (C=O) groups excluding carboxylic acids is 1. The molecule has 1 aliphatic carbocycles.